The first-order chi connectivity index (χ1) is 4.86. The lowest BCUT2D eigenvalue weighted by Crippen LogP contribution is -3.00. The van der Waals surface area contributed by atoms with E-state index in [9.17, 15) is 0 Å². The van der Waals surface area contributed by atoms with Crippen molar-refractivity contribution in [2.45, 2.75) is 20.4 Å². The normalized spacial score (nSPS) is 10.0. The smallest absolute Gasteiger partial charge is 0.248 e. The van der Waals surface area contributed by atoms with Crippen molar-refractivity contribution < 1.29 is 17.0 Å². The molecule has 1 rings (SSSR count). The van der Waals surface area contributed by atoms with E-state index in [1.165, 1.54) is 0 Å². The lowest BCUT2D eigenvalue weighted by molar-refractivity contribution is -0.567. The molecule has 0 unspecified atom stereocenters. The molecule has 0 aliphatic rings. The molecular weight excluding hydrogens is 160 g/mol. The fraction of sp³-hybridized carbons (Fsp3) is 0.375. The highest BCUT2D eigenvalue weighted by Gasteiger charge is 1.95. The van der Waals surface area contributed by atoms with Crippen molar-refractivity contribution in [2.75, 3.05) is 0 Å². The number of hydrogen-bond donors (Lipinski definition) is 0. The molecule has 1 aromatic heterocycles. The predicted molar refractivity (Wildman–Crippen MR) is 41.3 cm³/mol. The predicted octanol–water partition coefficient (Wildman–Crippen LogP) is -1.71. The Morgan fingerprint density at radius 2 is 2.27 bits per heavy atom. The third-order valence-corrected chi connectivity index (χ3v) is 1.40. The van der Waals surface area contributed by atoms with Crippen LogP contribution in [-0.2, 0) is 6.54 Å². The summed E-state index contributed by atoms with van der Waals surface area (Å²) in [7, 11) is 0. The topological polar surface area (TPSA) is 8.81 Å². The second-order valence-electron chi connectivity index (χ2n) is 2.17. The Morgan fingerprint density at radius 1 is 1.55 bits per heavy atom. The molecule has 0 N–H and O–H groups in total. The van der Waals surface area contributed by atoms with Gasteiger partial charge in [-0.3, -0.25) is 0 Å². The van der Waals surface area contributed by atoms with E-state index in [2.05, 4.69) is 24.0 Å². The van der Waals surface area contributed by atoms with Crippen LogP contribution in [0.5, 0.6) is 0 Å². The molecule has 0 aliphatic carbocycles. The maximum absolute atomic E-state index is 2.12. The van der Waals surface area contributed by atoms with Gasteiger partial charge in [-0.2, -0.15) is 0 Å². The van der Waals surface area contributed by atoms with Gasteiger partial charge in [-0.25, -0.2) is 9.13 Å². The van der Waals surface area contributed by atoms with Crippen molar-refractivity contribution in [3.63, 3.8) is 0 Å². The second kappa shape index (κ2) is 4.97. The van der Waals surface area contributed by atoms with Crippen LogP contribution < -0.4 is 17.0 Å². The summed E-state index contributed by atoms with van der Waals surface area (Å²) in [6.07, 6.45) is 10.2. The SMILES string of the molecule is CC=C[n+]1ccn(CC)c1.[Cl-]. The van der Waals surface area contributed by atoms with Gasteiger partial charge in [0.05, 0.1) is 12.7 Å². The summed E-state index contributed by atoms with van der Waals surface area (Å²) < 4.78 is 4.16. The minimum Gasteiger partial charge on any atom is -1.00 e. The van der Waals surface area contributed by atoms with Gasteiger partial charge in [-0.05, 0) is 19.9 Å². The molecule has 62 valence electrons. The van der Waals surface area contributed by atoms with Crippen LogP contribution in [0.15, 0.2) is 24.8 Å². The van der Waals surface area contributed by atoms with Crippen LogP contribution in [0.3, 0.4) is 0 Å². The Bertz CT molecular complexity index is 228. The monoisotopic (exact) mass is 172 g/mol. The van der Waals surface area contributed by atoms with Gasteiger partial charge in [0.1, 0.15) is 12.4 Å². The van der Waals surface area contributed by atoms with Gasteiger partial charge in [0, 0.05) is 0 Å². The van der Waals surface area contributed by atoms with Crippen LogP contribution in [-0.4, -0.2) is 4.57 Å². The summed E-state index contributed by atoms with van der Waals surface area (Å²) in [5, 5.41) is 0. The highest BCUT2D eigenvalue weighted by Crippen LogP contribution is 1.82. The Balaban J connectivity index is 0.000001000. The van der Waals surface area contributed by atoms with E-state index in [4.69, 9.17) is 0 Å². The summed E-state index contributed by atoms with van der Waals surface area (Å²) in [4.78, 5) is 0. The number of halogens is 1. The largest absolute Gasteiger partial charge is 1.00 e. The van der Waals surface area contributed by atoms with Crippen molar-refractivity contribution in [2.24, 2.45) is 0 Å². The molecule has 1 aromatic rings. The minimum absolute atomic E-state index is 0. The zero-order chi connectivity index (χ0) is 7.40. The van der Waals surface area contributed by atoms with Crippen LogP contribution in [0.1, 0.15) is 13.8 Å². The molecule has 11 heavy (non-hydrogen) atoms. The van der Waals surface area contributed by atoms with Crippen LogP contribution in [0.25, 0.3) is 6.20 Å². The van der Waals surface area contributed by atoms with E-state index >= 15 is 0 Å². The first kappa shape index (κ1) is 10.2. The van der Waals surface area contributed by atoms with Crippen molar-refractivity contribution in [3.8, 4) is 0 Å². The number of rotatable bonds is 2. The molecule has 0 atom stereocenters. The summed E-state index contributed by atoms with van der Waals surface area (Å²) >= 11 is 0. The Hall–Kier alpha value is -0.760. The molecule has 0 bridgehead atoms. The lowest BCUT2D eigenvalue weighted by atomic mass is 10.7. The summed E-state index contributed by atoms with van der Waals surface area (Å²) in [6, 6.07) is 0. The van der Waals surface area contributed by atoms with E-state index in [0.717, 1.165) is 6.54 Å². The summed E-state index contributed by atoms with van der Waals surface area (Å²) in [5.74, 6) is 0. The Morgan fingerprint density at radius 3 is 2.73 bits per heavy atom. The molecule has 0 aromatic carbocycles. The van der Waals surface area contributed by atoms with E-state index < -0.39 is 0 Å². The number of nitrogens with zero attached hydrogens (tertiary/aromatic N) is 2. The van der Waals surface area contributed by atoms with Gasteiger partial charge in [0.2, 0.25) is 6.33 Å². The fourth-order valence-electron chi connectivity index (χ4n) is 0.858. The third-order valence-electron chi connectivity index (χ3n) is 1.40. The Kier molecular flexibility index (Phi) is 4.62. The molecular formula is C8H13ClN2. The van der Waals surface area contributed by atoms with Gasteiger partial charge in [0.15, 0.2) is 0 Å². The van der Waals surface area contributed by atoms with Crippen molar-refractivity contribution >= 4 is 6.20 Å². The zero-order valence-electron chi connectivity index (χ0n) is 6.87. The van der Waals surface area contributed by atoms with Crippen LogP contribution in [0, 0.1) is 0 Å². The van der Waals surface area contributed by atoms with E-state index in [-0.39, 0.29) is 12.4 Å². The second-order valence-corrected chi connectivity index (χ2v) is 2.17. The third kappa shape index (κ3) is 2.76. The van der Waals surface area contributed by atoms with Gasteiger partial charge in [-0.15, -0.1) is 0 Å². The lowest BCUT2D eigenvalue weighted by Gasteiger charge is -1.82. The van der Waals surface area contributed by atoms with Crippen molar-refractivity contribution in [3.05, 3.63) is 24.8 Å². The highest BCUT2D eigenvalue weighted by molar-refractivity contribution is 5.02. The van der Waals surface area contributed by atoms with Crippen LogP contribution >= 0.6 is 0 Å². The molecule has 1 heterocycles. The number of aryl methyl sites for hydroxylation is 1. The van der Waals surface area contributed by atoms with E-state index in [0.29, 0.717) is 0 Å². The first-order valence-corrected chi connectivity index (χ1v) is 3.56. The average molecular weight is 173 g/mol. The zero-order valence-corrected chi connectivity index (χ0v) is 7.62. The Labute approximate surface area is 73.6 Å². The number of aromatic nitrogens is 2. The standard InChI is InChI=1S/C8H13N2.ClH/c1-3-5-10-7-6-9(4-2)8-10;/h3,5-8H,4H2,1-2H3;1H/q+1;/p-1. The van der Waals surface area contributed by atoms with Crippen molar-refractivity contribution in [1.29, 1.82) is 0 Å². The van der Waals surface area contributed by atoms with Gasteiger partial charge < -0.3 is 12.4 Å². The van der Waals surface area contributed by atoms with Gasteiger partial charge >= 0.3 is 0 Å². The number of imidazole rings is 1. The quantitative estimate of drug-likeness (QED) is 0.470. The molecule has 0 amide bonds. The van der Waals surface area contributed by atoms with E-state index in [1.807, 2.05) is 30.0 Å². The van der Waals surface area contributed by atoms with E-state index in [1.54, 1.807) is 0 Å². The molecule has 0 spiro atoms. The van der Waals surface area contributed by atoms with Crippen molar-refractivity contribution in [1.82, 2.24) is 4.57 Å². The fourth-order valence-corrected chi connectivity index (χ4v) is 0.858. The molecule has 2 nitrogen and oxygen atoms in total. The minimum atomic E-state index is 0. The average Bonchev–Trinajstić information content (AvgIpc) is 2.37. The molecule has 0 radical (unpaired) electrons. The molecule has 0 aliphatic heterocycles. The maximum atomic E-state index is 2.12. The number of allylic oxidation sites excluding steroid dienone is 1. The number of hydrogen-bond acceptors (Lipinski definition) is 0. The van der Waals surface area contributed by atoms with Crippen LogP contribution in [0.2, 0.25) is 0 Å². The molecule has 3 heteroatoms. The van der Waals surface area contributed by atoms with Gasteiger partial charge in [-0.1, -0.05) is 0 Å². The molecule has 0 saturated carbocycles. The highest BCUT2D eigenvalue weighted by atomic mass is 35.5. The summed E-state index contributed by atoms with van der Waals surface area (Å²) in [5.41, 5.74) is 0. The van der Waals surface area contributed by atoms with Crippen LogP contribution in [0.4, 0.5) is 0 Å². The van der Waals surface area contributed by atoms with Gasteiger partial charge in [0.25, 0.3) is 0 Å². The maximum Gasteiger partial charge on any atom is 0.248 e. The molecule has 0 saturated heterocycles. The molecule has 0 fully saturated rings. The summed E-state index contributed by atoms with van der Waals surface area (Å²) in [6.45, 7) is 5.17. The first-order valence-electron chi connectivity index (χ1n) is 3.56.